The van der Waals surface area contributed by atoms with Gasteiger partial charge in [0.25, 0.3) is 0 Å². The Morgan fingerprint density at radius 1 is 0.735 bits per heavy atom. The topological polar surface area (TPSA) is 204 Å². The third-order valence-electron chi connectivity index (χ3n) is 8.12. The highest BCUT2D eigenvalue weighted by atomic mass is 16.4. The Kier molecular flexibility index (Phi) is 12.2. The van der Waals surface area contributed by atoms with E-state index in [1.54, 1.807) is 66.9 Å². The zero-order valence-electron chi connectivity index (χ0n) is 27.2. The summed E-state index contributed by atoms with van der Waals surface area (Å²) in [6.45, 7) is 1.28. The molecule has 13 heteroatoms. The van der Waals surface area contributed by atoms with Gasteiger partial charge in [0.15, 0.2) is 0 Å². The summed E-state index contributed by atoms with van der Waals surface area (Å²) in [6, 6.07) is 20.0. The Labute approximate surface area is 283 Å². The molecule has 0 saturated heterocycles. The van der Waals surface area contributed by atoms with Gasteiger partial charge >= 0.3 is 5.97 Å². The van der Waals surface area contributed by atoms with Crippen molar-refractivity contribution in [2.75, 3.05) is 7.05 Å². The Morgan fingerprint density at radius 2 is 1.27 bits per heavy atom. The number of nitrogens with one attached hydrogen (secondary N) is 4. The molecule has 49 heavy (non-hydrogen) atoms. The fraction of sp³-hybridized carbons (Fsp3) is 0.278. The molecule has 3 aromatic carbocycles. The predicted octanol–water partition coefficient (Wildman–Crippen LogP) is 1.46. The van der Waals surface area contributed by atoms with Crippen LogP contribution in [0.3, 0.4) is 0 Å². The number of hydrogen-bond acceptors (Lipinski definition) is 6. The molecule has 0 aliphatic heterocycles. The van der Waals surface area contributed by atoms with Crippen LogP contribution < -0.4 is 21.7 Å². The minimum absolute atomic E-state index is 0.0139. The second-order valence-corrected chi connectivity index (χ2v) is 11.8. The lowest BCUT2D eigenvalue weighted by atomic mass is 10.0. The molecule has 4 aromatic rings. The molecule has 0 spiro atoms. The van der Waals surface area contributed by atoms with Crippen LogP contribution in [0, 0.1) is 0 Å². The third kappa shape index (κ3) is 10.0. The molecule has 0 aliphatic carbocycles. The standard InChI is InChI=1S/C36H40N6O7/c1-22(43)39-29(19-25-21-38-27-16-10-9-15-26(25)27)35(48)40-28(17-23-11-5-3-6-12-23)34(47)41-30(20-32(44)45)36(49)42(2)31(33(37)46)18-24-13-7-4-8-14-24/h3-16,21,28-31,38H,17-20H2,1-2H3,(H2,37,46)(H,39,43)(H,40,48)(H,41,47)(H,44,45). The van der Waals surface area contributed by atoms with Crippen molar-refractivity contribution in [3.05, 3.63) is 108 Å². The molecule has 256 valence electrons. The van der Waals surface area contributed by atoms with Gasteiger partial charge in [-0.2, -0.15) is 0 Å². The van der Waals surface area contributed by atoms with E-state index in [0.717, 1.165) is 26.9 Å². The minimum Gasteiger partial charge on any atom is -0.481 e. The largest absolute Gasteiger partial charge is 0.481 e. The summed E-state index contributed by atoms with van der Waals surface area (Å²) in [6.07, 6.45) is 1.11. The zero-order valence-corrected chi connectivity index (χ0v) is 27.2. The van der Waals surface area contributed by atoms with Gasteiger partial charge in [0.1, 0.15) is 24.2 Å². The van der Waals surface area contributed by atoms with Gasteiger partial charge in [-0.25, -0.2) is 0 Å². The predicted molar refractivity (Wildman–Crippen MR) is 182 cm³/mol. The van der Waals surface area contributed by atoms with Crippen molar-refractivity contribution in [1.82, 2.24) is 25.8 Å². The molecule has 0 radical (unpaired) electrons. The lowest BCUT2D eigenvalue weighted by Crippen LogP contribution is -2.59. The summed E-state index contributed by atoms with van der Waals surface area (Å²) in [5.41, 5.74) is 8.65. The number of likely N-dealkylation sites (N-methyl/N-ethyl adjacent to an activating group) is 1. The number of benzene rings is 3. The van der Waals surface area contributed by atoms with E-state index in [1.807, 2.05) is 24.3 Å². The van der Waals surface area contributed by atoms with Crippen LogP contribution in [0.25, 0.3) is 10.9 Å². The number of hydrogen-bond donors (Lipinski definition) is 6. The van der Waals surface area contributed by atoms with Gasteiger partial charge in [-0.1, -0.05) is 78.9 Å². The van der Waals surface area contributed by atoms with Gasteiger partial charge < -0.3 is 36.7 Å². The highest BCUT2D eigenvalue weighted by molar-refractivity contribution is 5.97. The van der Waals surface area contributed by atoms with E-state index < -0.39 is 66.1 Å². The average molecular weight is 669 g/mol. The monoisotopic (exact) mass is 668 g/mol. The van der Waals surface area contributed by atoms with E-state index >= 15 is 0 Å². The molecule has 1 heterocycles. The molecular formula is C36H40N6O7. The van der Waals surface area contributed by atoms with Crippen LogP contribution >= 0.6 is 0 Å². The van der Waals surface area contributed by atoms with Gasteiger partial charge in [-0.3, -0.25) is 28.8 Å². The first-order chi connectivity index (χ1) is 23.4. The number of nitrogens with zero attached hydrogens (tertiary/aromatic N) is 1. The maximum atomic E-state index is 13.9. The number of primary amides is 1. The molecule has 13 nitrogen and oxygen atoms in total. The normalized spacial score (nSPS) is 13.3. The van der Waals surface area contributed by atoms with Crippen molar-refractivity contribution in [2.24, 2.45) is 5.73 Å². The van der Waals surface area contributed by atoms with Crippen LogP contribution in [-0.2, 0) is 48.0 Å². The van der Waals surface area contributed by atoms with Crippen molar-refractivity contribution < 1.29 is 33.9 Å². The lowest BCUT2D eigenvalue weighted by molar-refractivity contribution is -0.145. The Morgan fingerprint density at radius 3 is 1.84 bits per heavy atom. The van der Waals surface area contributed by atoms with E-state index in [4.69, 9.17) is 5.73 Å². The van der Waals surface area contributed by atoms with Crippen LogP contribution in [0.5, 0.6) is 0 Å². The van der Waals surface area contributed by atoms with E-state index in [-0.39, 0.29) is 19.3 Å². The first-order valence-electron chi connectivity index (χ1n) is 15.7. The number of aromatic amines is 1. The maximum absolute atomic E-state index is 13.9. The van der Waals surface area contributed by atoms with Crippen molar-refractivity contribution >= 4 is 46.4 Å². The number of rotatable bonds is 16. The second kappa shape index (κ2) is 16.7. The molecule has 4 unspecified atom stereocenters. The number of aromatic nitrogens is 1. The number of nitrogens with two attached hydrogens (primary N) is 1. The number of H-pyrrole nitrogens is 1. The fourth-order valence-electron chi connectivity index (χ4n) is 5.62. The summed E-state index contributed by atoms with van der Waals surface area (Å²) in [5.74, 6) is -4.99. The Bertz CT molecular complexity index is 1790. The highest BCUT2D eigenvalue weighted by Gasteiger charge is 2.35. The zero-order chi connectivity index (χ0) is 35.5. The molecule has 0 fully saturated rings. The Balaban J connectivity index is 1.58. The molecule has 4 atom stereocenters. The molecule has 5 amide bonds. The molecular weight excluding hydrogens is 628 g/mol. The molecule has 0 saturated carbocycles. The number of fused-ring (bicyclic) bond motifs is 1. The van der Waals surface area contributed by atoms with E-state index in [0.29, 0.717) is 5.56 Å². The number of carboxylic acids is 1. The second-order valence-electron chi connectivity index (χ2n) is 11.8. The first-order valence-corrected chi connectivity index (χ1v) is 15.7. The van der Waals surface area contributed by atoms with E-state index in [2.05, 4.69) is 20.9 Å². The quantitative estimate of drug-likeness (QED) is 0.104. The van der Waals surface area contributed by atoms with Gasteiger partial charge in [-0.15, -0.1) is 0 Å². The van der Waals surface area contributed by atoms with Gasteiger partial charge in [0.2, 0.25) is 29.5 Å². The lowest BCUT2D eigenvalue weighted by Gasteiger charge is -2.30. The van der Waals surface area contributed by atoms with Gasteiger partial charge in [0, 0.05) is 50.3 Å². The van der Waals surface area contributed by atoms with Crippen molar-refractivity contribution in [1.29, 1.82) is 0 Å². The summed E-state index contributed by atoms with van der Waals surface area (Å²) >= 11 is 0. The van der Waals surface area contributed by atoms with E-state index in [9.17, 15) is 33.9 Å². The van der Waals surface area contributed by atoms with Crippen molar-refractivity contribution in [3.63, 3.8) is 0 Å². The smallest absolute Gasteiger partial charge is 0.305 e. The number of carboxylic acid groups (broad SMARTS) is 1. The highest BCUT2D eigenvalue weighted by Crippen LogP contribution is 2.19. The minimum atomic E-state index is -1.60. The van der Waals surface area contributed by atoms with Crippen LogP contribution in [0.2, 0.25) is 0 Å². The fourth-order valence-corrected chi connectivity index (χ4v) is 5.62. The van der Waals surface area contributed by atoms with Crippen LogP contribution in [0.1, 0.15) is 30.0 Å². The number of aliphatic carboxylic acids is 1. The number of amides is 5. The number of carbonyl (C=O) groups is 6. The average Bonchev–Trinajstić information content (AvgIpc) is 3.48. The maximum Gasteiger partial charge on any atom is 0.305 e. The summed E-state index contributed by atoms with van der Waals surface area (Å²) in [4.78, 5) is 81.9. The number of para-hydroxylation sites is 1. The van der Waals surface area contributed by atoms with Crippen molar-refractivity contribution in [3.8, 4) is 0 Å². The molecule has 7 N–H and O–H groups in total. The van der Waals surface area contributed by atoms with E-state index in [1.165, 1.54) is 14.0 Å². The SMILES string of the molecule is CC(=O)NC(Cc1c[nH]c2ccccc12)C(=O)NC(Cc1ccccc1)C(=O)NC(CC(=O)O)C(=O)N(C)C(Cc1ccccc1)C(N)=O. The third-order valence-corrected chi connectivity index (χ3v) is 8.12. The van der Waals surface area contributed by atoms with Crippen molar-refractivity contribution in [2.45, 2.75) is 56.8 Å². The summed E-state index contributed by atoms with van der Waals surface area (Å²) < 4.78 is 0. The molecule has 0 aliphatic rings. The Hall–Kier alpha value is -5.98. The molecule has 1 aromatic heterocycles. The van der Waals surface area contributed by atoms with Gasteiger partial charge in [0.05, 0.1) is 6.42 Å². The molecule has 0 bridgehead atoms. The van der Waals surface area contributed by atoms with Gasteiger partial charge in [-0.05, 0) is 22.8 Å². The number of carbonyl (C=O) groups excluding carboxylic acids is 5. The van der Waals surface area contributed by atoms with Crippen LogP contribution in [-0.4, -0.2) is 81.7 Å². The van der Waals surface area contributed by atoms with Crippen LogP contribution in [0.15, 0.2) is 91.1 Å². The summed E-state index contributed by atoms with van der Waals surface area (Å²) in [7, 11) is 1.31. The molecule has 4 rings (SSSR count). The van der Waals surface area contributed by atoms with Crippen LogP contribution in [0.4, 0.5) is 0 Å². The summed E-state index contributed by atoms with van der Waals surface area (Å²) in [5, 5.41) is 18.4. The first kappa shape index (κ1) is 35.9.